The van der Waals surface area contributed by atoms with Crippen LogP contribution in [-0.4, -0.2) is 27.8 Å². The summed E-state index contributed by atoms with van der Waals surface area (Å²) in [4.78, 5) is 41.7. The van der Waals surface area contributed by atoms with Gasteiger partial charge < -0.3 is 10.6 Å². The number of aromatic amines is 1. The lowest BCUT2D eigenvalue weighted by atomic mass is 10.2. The van der Waals surface area contributed by atoms with Crippen molar-refractivity contribution in [3.05, 3.63) is 50.9 Å². The Morgan fingerprint density at radius 3 is 2.50 bits per heavy atom. The number of unbranched alkanes of at least 4 members (excludes halogenated alkanes) is 1. The van der Waals surface area contributed by atoms with Gasteiger partial charge in [-0.1, -0.05) is 20.3 Å². The van der Waals surface area contributed by atoms with Crippen molar-refractivity contribution in [2.45, 2.75) is 44.6 Å². The van der Waals surface area contributed by atoms with Gasteiger partial charge in [-0.05, 0) is 37.1 Å². The third kappa shape index (κ3) is 5.25. The number of halogens is 1. The standard InChI is InChI=1S/C19H25FN4O3S/c1-3-5-11-23(15(25)12-28-14-8-6-13(20)7-9-14)16-17(21)24(10-4-2)19(27)22-18(16)26/h6-9H,3-5,10-12,21H2,1-2H3,(H,22,26,27). The molecule has 152 valence electrons. The third-order valence-electron chi connectivity index (χ3n) is 4.14. The molecule has 1 heterocycles. The zero-order valence-electron chi connectivity index (χ0n) is 16.0. The fourth-order valence-corrected chi connectivity index (χ4v) is 3.49. The number of thioether (sulfide) groups is 1. The highest BCUT2D eigenvalue weighted by Crippen LogP contribution is 2.22. The summed E-state index contributed by atoms with van der Waals surface area (Å²) in [5, 5.41) is 0. The Bertz CT molecular complexity index is 924. The number of amides is 1. The number of benzene rings is 1. The number of carbonyl (C=O) groups is 1. The monoisotopic (exact) mass is 408 g/mol. The van der Waals surface area contributed by atoms with Crippen molar-refractivity contribution in [1.82, 2.24) is 9.55 Å². The molecular formula is C19H25FN4O3S. The minimum Gasteiger partial charge on any atom is -0.383 e. The summed E-state index contributed by atoms with van der Waals surface area (Å²) >= 11 is 1.24. The molecule has 0 saturated heterocycles. The largest absolute Gasteiger partial charge is 0.383 e. The van der Waals surface area contributed by atoms with Gasteiger partial charge in [0, 0.05) is 18.0 Å². The fourth-order valence-electron chi connectivity index (χ4n) is 2.72. The van der Waals surface area contributed by atoms with Crippen molar-refractivity contribution in [1.29, 1.82) is 0 Å². The Kier molecular flexibility index (Phi) is 7.86. The molecule has 28 heavy (non-hydrogen) atoms. The summed E-state index contributed by atoms with van der Waals surface area (Å²) in [6.45, 7) is 4.52. The first-order valence-corrected chi connectivity index (χ1v) is 10.2. The molecule has 0 spiro atoms. The smallest absolute Gasteiger partial charge is 0.330 e. The average Bonchev–Trinajstić information content (AvgIpc) is 2.66. The van der Waals surface area contributed by atoms with E-state index < -0.39 is 11.2 Å². The molecule has 1 aromatic carbocycles. The number of nitrogens with one attached hydrogen (secondary N) is 1. The van der Waals surface area contributed by atoms with E-state index in [0.717, 1.165) is 11.3 Å². The summed E-state index contributed by atoms with van der Waals surface area (Å²) in [6.07, 6.45) is 2.15. The average molecular weight is 408 g/mol. The van der Waals surface area contributed by atoms with Crippen molar-refractivity contribution < 1.29 is 9.18 Å². The number of anilines is 2. The second-order valence-corrected chi connectivity index (χ2v) is 7.34. The van der Waals surface area contributed by atoms with E-state index in [1.54, 1.807) is 12.1 Å². The molecule has 1 aromatic heterocycles. The second-order valence-electron chi connectivity index (χ2n) is 6.29. The number of hydrogen-bond acceptors (Lipinski definition) is 5. The van der Waals surface area contributed by atoms with E-state index in [2.05, 4.69) is 4.98 Å². The Balaban J connectivity index is 2.33. The number of nitrogens with two attached hydrogens (primary N) is 1. The fraction of sp³-hybridized carbons (Fsp3) is 0.421. The number of H-pyrrole nitrogens is 1. The van der Waals surface area contributed by atoms with Crippen LogP contribution in [0.5, 0.6) is 0 Å². The minimum atomic E-state index is -0.675. The van der Waals surface area contributed by atoms with Gasteiger partial charge in [-0.15, -0.1) is 11.8 Å². The molecule has 3 N–H and O–H groups in total. The first kappa shape index (κ1) is 21.7. The van der Waals surface area contributed by atoms with Crippen LogP contribution in [0.3, 0.4) is 0 Å². The van der Waals surface area contributed by atoms with Crippen LogP contribution in [0.1, 0.15) is 33.1 Å². The van der Waals surface area contributed by atoms with Crippen LogP contribution in [0.4, 0.5) is 15.9 Å². The zero-order valence-corrected chi connectivity index (χ0v) is 16.9. The molecule has 0 atom stereocenters. The van der Waals surface area contributed by atoms with E-state index in [4.69, 9.17) is 5.73 Å². The number of hydrogen-bond donors (Lipinski definition) is 2. The molecule has 7 nitrogen and oxygen atoms in total. The van der Waals surface area contributed by atoms with Crippen LogP contribution in [0.15, 0.2) is 38.8 Å². The molecule has 1 amide bonds. The minimum absolute atomic E-state index is 0.00575. The highest BCUT2D eigenvalue weighted by Gasteiger charge is 2.23. The van der Waals surface area contributed by atoms with Gasteiger partial charge in [-0.3, -0.25) is 19.1 Å². The maximum Gasteiger partial charge on any atom is 0.330 e. The van der Waals surface area contributed by atoms with E-state index in [9.17, 15) is 18.8 Å². The Hall–Kier alpha value is -2.55. The lowest BCUT2D eigenvalue weighted by Gasteiger charge is -2.24. The molecule has 0 radical (unpaired) electrons. The van der Waals surface area contributed by atoms with Crippen molar-refractivity contribution >= 4 is 29.2 Å². The molecule has 0 bridgehead atoms. The van der Waals surface area contributed by atoms with Gasteiger partial charge >= 0.3 is 5.69 Å². The van der Waals surface area contributed by atoms with Crippen LogP contribution in [0.25, 0.3) is 0 Å². The number of aromatic nitrogens is 2. The van der Waals surface area contributed by atoms with Crippen LogP contribution < -0.4 is 21.9 Å². The Morgan fingerprint density at radius 2 is 1.89 bits per heavy atom. The summed E-state index contributed by atoms with van der Waals surface area (Å²) < 4.78 is 14.3. The van der Waals surface area contributed by atoms with E-state index in [0.29, 0.717) is 25.9 Å². The molecule has 0 aliphatic rings. The second kappa shape index (κ2) is 10.1. The van der Waals surface area contributed by atoms with Crippen LogP contribution in [-0.2, 0) is 11.3 Å². The van der Waals surface area contributed by atoms with E-state index >= 15 is 0 Å². The number of rotatable bonds is 9. The molecule has 2 rings (SSSR count). The van der Waals surface area contributed by atoms with Crippen LogP contribution in [0.2, 0.25) is 0 Å². The first-order valence-electron chi connectivity index (χ1n) is 9.20. The van der Waals surface area contributed by atoms with Gasteiger partial charge in [-0.2, -0.15) is 0 Å². The Morgan fingerprint density at radius 1 is 1.21 bits per heavy atom. The van der Waals surface area contributed by atoms with Crippen LogP contribution >= 0.6 is 11.8 Å². The lowest BCUT2D eigenvalue weighted by molar-refractivity contribution is -0.116. The topological polar surface area (TPSA) is 101 Å². The van der Waals surface area contributed by atoms with Gasteiger partial charge in [0.1, 0.15) is 11.6 Å². The Labute approximate surface area is 166 Å². The summed E-state index contributed by atoms with van der Waals surface area (Å²) in [5.41, 5.74) is 4.85. The molecule has 0 unspecified atom stereocenters. The van der Waals surface area contributed by atoms with Crippen molar-refractivity contribution in [2.75, 3.05) is 22.9 Å². The number of nitrogen functional groups attached to an aromatic ring is 1. The maximum atomic E-state index is 13.0. The van der Waals surface area contributed by atoms with E-state index in [1.807, 2.05) is 13.8 Å². The van der Waals surface area contributed by atoms with E-state index in [-0.39, 0.29) is 29.0 Å². The van der Waals surface area contributed by atoms with Gasteiger partial charge in [0.2, 0.25) is 5.91 Å². The first-order chi connectivity index (χ1) is 13.4. The predicted molar refractivity (Wildman–Crippen MR) is 110 cm³/mol. The molecule has 0 saturated carbocycles. The molecule has 0 aliphatic carbocycles. The van der Waals surface area contributed by atoms with Gasteiger partial charge in [0.15, 0.2) is 5.69 Å². The van der Waals surface area contributed by atoms with Crippen molar-refractivity contribution in [3.63, 3.8) is 0 Å². The quantitative estimate of drug-likeness (QED) is 0.621. The molecule has 2 aromatic rings. The molecule has 0 aliphatic heterocycles. The molecule has 9 heteroatoms. The van der Waals surface area contributed by atoms with Gasteiger partial charge in [-0.25, -0.2) is 9.18 Å². The number of carbonyl (C=O) groups excluding carboxylic acids is 1. The highest BCUT2D eigenvalue weighted by molar-refractivity contribution is 8.00. The maximum absolute atomic E-state index is 13.0. The SMILES string of the molecule is CCCCN(C(=O)CSc1ccc(F)cc1)c1c(N)n(CCC)c(=O)[nH]c1=O. The van der Waals surface area contributed by atoms with Crippen molar-refractivity contribution in [3.8, 4) is 0 Å². The molecule has 0 fully saturated rings. The normalized spacial score (nSPS) is 10.8. The lowest BCUT2D eigenvalue weighted by Crippen LogP contribution is -2.42. The predicted octanol–water partition coefficient (Wildman–Crippen LogP) is 2.59. The van der Waals surface area contributed by atoms with Crippen LogP contribution in [0, 0.1) is 5.82 Å². The van der Waals surface area contributed by atoms with Gasteiger partial charge in [0.05, 0.1) is 5.75 Å². The zero-order chi connectivity index (χ0) is 20.7. The third-order valence-corrected chi connectivity index (χ3v) is 5.14. The van der Waals surface area contributed by atoms with E-state index in [1.165, 1.54) is 33.4 Å². The van der Waals surface area contributed by atoms with Gasteiger partial charge in [0.25, 0.3) is 5.56 Å². The summed E-state index contributed by atoms with van der Waals surface area (Å²) in [6, 6.07) is 5.83. The highest BCUT2D eigenvalue weighted by atomic mass is 32.2. The number of nitrogens with zero attached hydrogens (tertiary/aromatic N) is 2. The summed E-state index contributed by atoms with van der Waals surface area (Å²) in [5.74, 6) is -0.604. The van der Waals surface area contributed by atoms with Crippen molar-refractivity contribution in [2.24, 2.45) is 0 Å². The molecular weight excluding hydrogens is 383 g/mol. The summed E-state index contributed by atoms with van der Waals surface area (Å²) in [7, 11) is 0.